The van der Waals surface area contributed by atoms with Crippen molar-refractivity contribution in [2.75, 3.05) is 21.2 Å². The molecular weight excluding hydrogens is 481 g/mol. The summed E-state index contributed by atoms with van der Waals surface area (Å²) in [4.78, 5) is 25.6. The van der Waals surface area contributed by atoms with Crippen LogP contribution in [0.3, 0.4) is 0 Å². The monoisotopic (exact) mass is 511 g/mol. The number of rotatable bonds is 7. The van der Waals surface area contributed by atoms with E-state index in [1.165, 1.54) is 19.1 Å². The summed E-state index contributed by atoms with van der Waals surface area (Å²) in [6, 6.07) is 17.6. The molecule has 0 aliphatic rings. The van der Waals surface area contributed by atoms with Gasteiger partial charge in [-0.05, 0) is 72.5 Å². The Hall–Kier alpha value is -3.72. The van der Waals surface area contributed by atoms with Crippen molar-refractivity contribution in [3.8, 4) is 0 Å². The first-order valence-corrected chi connectivity index (χ1v) is 13.2. The lowest BCUT2D eigenvalue weighted by Crippen LogP contribution is -2.45. The largest absolute Gasteiger partial charge is 0.324 e. The van der Waals surface area contributed by atoms with E-state index in [2.05, 4.69) is 31.4 Å². The van der Waals surface area contributed by atoms with E-state index in [0.717, 1.165) is 28.3 Å². The van der Waals surface area contributed by atoms with Gasteiger partial charge in [0.2, 0.25) is 15.9 Å². The molecule has 1 atom stereocenters. The van der Waals surface area contributed by atoms with Crippen molar-refractivity contribution in [2.24, 2.45) is 0 Å². The Bertz CT molecular complexity index is 1350. The lowest BCUT2D eigenvalue weighted by molar-refractivity contribution is -0.116. The normalized spacial score (nSPS) is 12.5. The van der Waals surface area contributed by atoms with Crippen LogP contribution in [-0.4, -0.2) is 32.5 Å². The van der Waals surface area contributed by atoms with Crippen molar-refractivity contribution in [2.45, 2.75) is 39.2 Å². The number of amides is 2. The molecule has 0 heterocycles. The van der Waals surface area contributed by atoms with Crippen LogP contribution < -0.4 is 14.9 Å². The predicted octanol–water partition coefficient (Wildman–Crippen LogP) is 5.17. The van der Waals surface area contributed by atoms with Gasteiger partial charge in [-0.3, -0.25) is 13.9 Å². The van der Waals surface area contributed by atoms with Crippen LogP contribution in [0.25, 0.3) is 0 Å². The Morgan fingerprint density at radius 3 is 1.97 bits per heavy atom. The van der Waals surface area contributed by atoms with Gasteiger partial charge in [0.05, 0.1) is 11.9 Å². The fraction of sp³-hybridized carbons (Fsp3) is 0.259. The van der Waals surface area contributed by atoms with Crippen LogP contribution in [0.2, 0.25) is 0 Å². The molecule has 0 saturated heterocycles. The highest BCUT2D eigenvalue weighted by Crippen LogP contribution is 2.24. The minimum Gasteiger partial charge on any atom is -0.324 e. The Morgan fingerprint density at radius 2 is 1.44 bits per heavy atom. The minimum atomic E-state index is -3.84. The van der Waals surface area contributed by atoms with E-state index in [9.17, 15) is 22.4 Å². The number of carbonyl (C=O) groups is 2. The van der Waals surface area contributed by atoms with Crippen molar-refractivity contribution >= 4 is 38.9 Å². The molecule has 190 valence electrons. The summed E-state index contributed by atoms with van der Waals surface area (Å²) in [6.45, 7) is 7.72. The molecular formula is C27H30FN3O4S. The molecule has 0 aliphatic heterocycles. The van der Waals surface area contributed by atoms with E-state index >= 15 is 0 Å². The molecule has 3 aromatic rings. The fourth-order valence-electron chi connectivity index (χ4n) is 3.64. The Kier molecular flexibility index (Phi) is 7.83. The zero-order valence-corrected chi connectivity index (χ0v) is 21.7. The van der Waals surface area contributed by atoms with Crippen LogP contribution in [0.15, 0.2) is 72.8 Å². The molecule has 0 aromatic heterocycles. The maximum Gasteiger partial charge on any atom is 0.255 e. The summed E-state index contributed by atoms with van der Waals surface area (Å²) in [5, 5.41) is 5.49. The second-order valence-electron chi connectivity index (χ2n) is 9.56. The summed E-state index contributed by atoms with van der Waals surface area (Å²) >= 11 is 0. The molecule has 9 heteroatoms. The molecule has 3 aromatic carbocycles. The average molecular weight is 512 g/mol. The van der Waals surface area contributed by atoms with Crippen molar-refractivity contribution in [1.82, 2.24) is 0 Å². The zero-order chi connectivity index (χ0) is 26.7. The quantitative estimate of drug-likeness (QED) is 0.458. The third kappa shape index (κ3) is 6.69. The topological polar surface area (TPSA) is 95.6 Å². The van der Waals surface area contributed by atoms with E-state index in [-0.39, 0.29) is 17.0 Å². The summed E-state index contributed by atoms with van der Waals surface area (Å²) in [7, 11) is -3.84. The second kappa shape index (κ2) is 10.5. The van der Waals surface area contributed by atoms with E-state index in [0.29, 0.717) is 16.9 Å². The maximum absolute atomic E-state index is 13.3. The molecule has 3 rings (SSSR count). The van der Waals surface area contributed by atoms with Gasteiger partial charge in [0.1, 0.15) is 11.9 Å². The average Bonchev–Trinajstić information content (AvgIpc) is 2.79. The van der Waals surface area contributed by atoms with Gasteiger partial charge in [-0.2, -0.15) is 0 Å². The lowest BCUT2D eigenvalue weighted by atomic mass is 9.87. The number of halogens is 1. The number of sulfonamides is 1. The van der Waals surface area contributed by atoms with Crippen LogP contribution in [0.5, 0.6) is 0 Å². The summed E-state index contributed by atoms with van der Waals surface area (Å²) in [5.41, 5.74) is 2.59. The highest BCUT2D eigenvalue weighted by molar-refractivity contribution is 7.92. The lowest BCUT2D eigenvalue weighted by Gasteiger charge is -2.28. The van der Waals surface area contributed by atoms with Gasteiger partial charge < -0.3 is 10.6 Å². The first-order valence-electron chi connectivity index (χ1n) is 11.3. The Labute approximate surface area is 211 Å². The summed E-state index contributed by atoms with van der Waals surface area (Å²) in [6.07, 6.45) is 0.977. The molecule has 2 amide bonds. The Morgan fingerprint density at radius 1 is 0.889 bits per heavy atom. The molecule has 0 radical (unpaired) electrons. The molecule has 36 heavy (non-hydrogen) atoms. The van der Waals surface area contributed by atoms with Gasteiger partial charge in [0, 0.05) is 16.9 Å². The van der Waals surface area contributed by atoms with Gasteiger partial charge in [0.15, 0.2) is 0 Å². The van der Waals surface area contributed by atoms with Gasteiger partial charge in [-0.25, -0.2) is 12.8 Å². The maximum atomic E-state index is 13.3. The fourth-order valence-corrected chi connectivity index (χ4v) is 4.82. The number of hydrogen-bond donors (Lipinski definition) is 2. The summed E-state index contributed by atoms with van der Waals surface area (Å²) in [5.74, 6) is -1.41. The van der Waals surface area contributed by atoms with Crippen LogP contribution in [0.1, 0.15) is 43.6 Å². The van der Waals surface area contributed by atoms with Crippen LogP contribution in [0.4, 0.5) is 21.5 Å². The first-order chi connectivity index (χ1) is 16.8. The number of anilines is 3. The number of hydrogen-bond acceptors (Lipinski definition) is 4. The van der Waals surface area contributed by atoms with E-state index in [1.54, 1.807) is 36.4 Å². The second-order valence-corrected chi connectivity index (χ2v) is 11.4. The molecule has 0 saturated carbocycles. The van der Waals surface area contributed by atoms with Gasteiger partial charge in [-0.1, -0.05) is 39.0 Å². The van der Waals surface area contributed by atoms with Crippen LogP contribution in [0, 0.1) is 5.82 Å². The van der Waals surface area contributed by atoms with Crippen molar-refractivity contribution < 1.29 is 22.4 Å². The molecule has 0 fully saturated rings. The predicted molar refractivity (Wildman–Crippen MR) is 141 cm³/mol. The first kappa shape index (κ1) is 26.9. The molecule has 0 unspecified atom stereocenters. The highest BCUT2D eigenvalue weighted by atomic mass is 32.2. The third-order valence-corrected chi connectivity index (χ3v) is 6.81. The van der Waals surface area contributed by atoms with Crippen molar-refractivity contribution in [3.05, 3.63) is 89.7 Å². The number of nitrogens with zero attached hydrogens (tertiary/aromatic N) is 1. The van der Waals surface area contributed by atoms with Crippen molar-refractivity contribution in [3.63, 3.8) is 0 Å². The molecule has 0 aliphatic carbocycles. The minimum absolute atomic E-state index is 0.0257. The number of carbonyl (C=O) groups excluding carboxylic acids is 2. The molecule has 0 spiro atoms. The zero-order valence-electron chi connectivity index (χ0n) is 20.9. The van der Waals surface area contributed by atoms with Gasteiger partial charge in [-0.15, -0.1) is 0 Å². The SMILES string of the molecule is C[C@@H](C(=O)Nc1cccc(NC(=O)c2ccc(C(C)(C)C)cc2)c1)N(c1ccc(F)cc1)S(C)(=O)=O. The number of nitrogens with one attached hydrogen (secondary N) is 2. The summed E-state index contributed by atoms with van der Waals surface area (Å²) < 4.78 is 39.1. The standard InChI is InChI=1S/C27H30FN3O4S/c1-18(31(36(5,34)35)24-15-13-21(28)14-16-24)25(32)29-22-7-6-8-23(17-22)30-26(33)19-9-11-20(12-10-19)27(2,3)4/h6-18H,1-5H3,(H,29,32)(H,30,33)/t18-/m0/s1. The van der Waals surface area contributed by atoms with E-state index in [1.807, 2.05) is 12.1 Å². The van der Waals surface area contributed by atoms with E-state index < -0.39 is 27.8 Å². The third-order valence-electron chi connectivity index (χ3n) is 5.57. The van der Waals surface area contributed by atoms with E-state index in [4.69, 9.17) is 0 Å². The molecule has 2 N–H and O–H groups in total. The van der Waals surface area contributed by atoms with Gasteiger partial charge >= 0.3 is 0 Å². The highest BCUT2D eigenvalue weighted by Gasteiger charge is 2.29. The molecule has 0 bridgehead atoms. The Balaban J connectivity index is 1.73. The number of benzene rings is 3. The van der Waals surface area contributed by atoms with Gasteiger partial charge in [0.25, 0.3) is 5.91 Å². The van der Waals surface area contributed by atoms with Crippen LogP contribution >= 0.6 is 0 Å². The van der Waals surface area contributed by atoms with Crippen molar-refractivity contribution in [1.29, 1.82) is 0 Å². The smallest absolute Gasteiger partial charge is 0.255 e. The van der Waals surface area contributed by atoms with Crippen LogP contribution in [-0.2, 0) is 20.2 Å². The molecule has 7 nitrogen and oxygen atoms in total.